The standard InChI is InChI=1S/C18H16ClNO3S2/c1-23-15-3-2-4-17(11-15)25(21,22)20-12-16-9-10-18(24-16)13-5-7-14(19)8-6-13/h2-11,20H,12H2,1H3. The molecule has 1 aromatic heterocycles. The van der Waals surface area contributed by atoms with Gasteiger partial charge in [0.2, 0.25) is 10.0 Å². The molecule has 0 aliphatic heterocycles. The summed E-state index contributed by atoms with van der Waals surface area (Å²) >= 11 is 7.44. The normalized spacial score (nSPS) is 11.4. The Morgan fingerprint density at radius 2 is 1.84 bits per heavy atom. The van der Waals surface area contributed by atoms with Gasteiger partial charge in [-0.15, -0.1) is 11.3 Å². The van der Waals surface area contributed by atoms with Gasteiger partial charge in [0.1, 0.15) is 5.75 Å². The average Bonchev–Trinajstić information content (AvgIpc) is 3.10. The van der Waals surface area contributed by atoms with Gasteiger partial charge in [0.15, 0.2) is 0 Å². The number of halogens is 1. The second kappa shape index (κ2) is 7.58. The molecule has 0 atom stereocenters. The van der Waals surface area contributed by atoms with Crippen LogP contribution in [0.15, 0.2) is 65.6 Å². The highest BCUT2D eigenvalue weighted by atomic mass is 35.5. The number of methoxy groups -OCH3 is 1. The first-order valence-electron chi connectivity index (χ1n) is 7.46. The maximum absolute atomic E-state index is 12.4. The van der Waals surface area contributed by atoms with Crippen LogP contribution < -0.4 is 9.46 Å². The van der Waals surface area contributed by atoms with Crippen molar-refractivity contribution in [1.29, 1.82) is 0 Å². The molecule has 0 unspecified atom stereocenters. The maximum Gasteiger partial charge on any atom is 0.241 e. The molecule has 25 heavy (non-hydrogen) atoms. The van der Waals surface area contributed by atoms with E-state index in [0.29, 0.717) is 10.8 Å². The lowest BCUT2D eigenvalue weighted by Gasteiger charge is -2.07. The Morgan fingerprint density at radius 1 is 1.08 bits per heavy atom. The van der Waals surface area contributed by atoms with Crippen LogP contribution in [0.25, 0.3) is 10.4 Å². The Balaban J connectivity index is 1.72. The number of sulfonamides is 1. The lowest BCUT2D eigenvalue weighted by atomic mass is 10.2. The minimum absolute atomic E-state index is 0.182. The first kappa shape index (κ1) is 17.9. The van der Waals surface area contributed by atoms with Crippen molar-refractivity contribution in [2.75, 3.05) is 7.11 Å². The van der Waals surface area contributed by atoms with Gasteiger partial charge >= 0.3 is 0 Å². The fraction of sp³-hybridized carbons (Fsp3) is 0.111. The first-order valence-corrected chi connectivity index (χ1v) is 10.1. The van der Waals surface area contributed by atoms with E-state index in [1.54, 1.807) is 29.5 Å². The number of ether oxygens (including phenoxy) is 1. The molecule has 4 nitrogen and oxygen atoms in total. The molecule has 7 heteroatoms. The van der Waals surface area contributed by atoms with Crippen LogP contribution >= 0.6 is 22.9 Å². The minimum atomic E-state index is -3.59. The van der Waals surface area contributed by atoms with Gasteiger partial charge in [-0.2, -0.15) is 0 Å². The zero-order chi connectivity index (χ0) is 17.9. The van der Waals surface area contributed by atoms with Crippen LogP contribution in [-0.2, 0) is 16.6 Å². The molecule has 3 aromatic rings. The molecule has 0 bridgehead atoms. The predicted molar refractivity (Wildman–Crippen MR) is 102 cm³/mol. The van der Waals surface area contributed by atoms with E-state index in [1.807, 2.05) is 36.4 Å². The van der Waals surface area contributed by atoms with Gasteiger partial charge in [0.25, 0.3) is 0 Å². The summed E-state index contributed by atoms with van der Waals surface area (Å²) in [4.78, 5) is 2.17. The monoisotopic (exact) mass is 393 g/mol. The zero-order valence-electron chi connectivity index (χ0n) is 13.4. The smallest absolute Gasteiger partial charge is 0.241 e. The van der Waals surface area contributed by atoms with Crippen molar-refractivity contribution in [2.45, 2.75) is 11.4 Å². The summed E-state index contributed by atoms with van der Waals surface area (Å²) in [6.07, 6.45) is 0. The maximum atomic E-state index is 12.4. The summed E-state index contributed by atoms with van der Waals surface area (Å²) in [6, 6.07) is 17.8. The Hall–Kier alpha value is -1.86. The predicted octanol–water partition coefficient (Wildman–Crippen LogP) is 4.56. The number of nitrogens with one attached hydrogen (secondary N) is 1. The van der Waals surface area contributed by atoms with Gasteiger partial charge in [-0.3, -0.25) is 0 Å². The van der Waals surface area contributed by atoms with Crippen molar-refractivity contribution in [3.8, 4) is 16.2 Å². The van der Waals surface area contributed by atoms with Gasteiger partial charge in [-0.05, 0) is 42.0 Å². The summed E-state index contributed by atoms with van der Waals surface area (Å²) in [5.41, 5.74) is 1.05. The number of rotatable bonds is 6. The van der Waals surface area contributed by atoms with E-state index < -0.39 is 10.0 Å². The van der Waals surface area contributed by atoms with Crippen LogP contribution in [0.3, 0.4) is 0 Å². The van der Waals surface area contributed by atoms with E-state index in [2.05, 4.69) is 4.72 Å². The third kappa shape index (κ3) is 4.41. The number of hydrogen-bond acceptors (Lipinski definition) is 4. The van der Waals surface area contributed by atoms with Crippen molar-refractivity contribution in [1.82, 2.24) is 4.72 Å². The van der Waals surface area contributed by atoms with Crippen molar-refractivity contribution >= 4 is 33.0 Å². The summed E-state index contributed by atoms with van der Waals surface area (Å²) in [6.45, 7) is 0.234. The molecule has 0 saturated heterocycles. The third-order valence-electron chi connectivity index (χ3n) is 3.58. The lowest BCUT2D eigenvalue weighted by molar-refractivity contribution is 0.413. The molecule has 3 rings (SSSR count). The Bertz CT molecular complexity index is 966. The fourth-order valence-corrected chi connectivity index (χ4v) is 4.47. The SMILES string of the molecule is COc1cccc(S(=O)(=O)NCc2ccc(-c3ccc(Cl)cc3)s2)c1. The van der Waals surface area contributed by atoms with Crippen molar-refractivity contribution < 1.29 is 13.2 Å². The summed E-state index contributed by atoms with van der Waals surface area (Å²) < 4.78 is 32.5. The van der Waals surface area contributed by atoms with Gasteiger partial charge in [-0.25, -0.2) is 13.1 Å². The summed E-state index contributed by atoms with van der Waals surface area (Å²) in [7, 11) is -2.09. The van der Waals surface area contributed by atoms with Crippen molar-refractivity contribution in [3.05, 3.63) is 70.6 Å². The highest BCUT2D eigenvalue weighted by Gasteiger charge is 2.15. The molecule has 1 heterocycles. The van der Waals surface area contributed by atoms with Crippen LogP contribution in [0.2, 0.25) is 5.02 Å². The molecule has 0 saturated carbocycles. The molecular weight excluding hydrogens is 378 g/mol. The van der Waals surface area contributed by atoms with Crippen LogP contribution in [0.4, 0.5) is 0 Å². The fourth-order valence-electron chi connectivity index (χ4n) is 2.26. The quantitative estimate of drug-likeness (QED) is 0.668. The Morgan fingerprint density at radius 3 is 2.56 bits per heavy atom. The van der Waals surface area contributed by atoms with E-state index in [1.165, 1.54) is 13.2 Å². The highest BCUT2D eigenvalue weighted by Crippen LogP contribution is 2.29. The van der Waals surface area contributed by atoms with Crippen LogP contribution in [-0.4, -0.2) is 15.5 Å². The van der Waals surface area contributed by atoms with Gasteiger partial charge in [0.05, 0.1) is 12.0 Å². The van der Waals surface area contributed by atoms with E-state index >= 15 is 0 Å². The van der Waals surface area contributed by atoms with Crippen molar-refractivity contribution in [2.24, 2.45) is 0 Å². The molecule has 0 radical (unpaired) electrons. The van der Waals surface area contributed by atoms with Gasteiger partial charge in [0, 0.05) is 27.4 Å². The minimum Gasteiger partial charge on any atom is -0.497 e. The first-order chi connectivity index (χ1) is 12.0. The molecular formula is C18H16ClNO3S2. The van der Waals surface area contributed by atoms with Crippen LogP contribution in [0.1, 0.15) is 4.88 Å². The number of hydrogen-bond donors (Lipinski definition) is 1. The molecule has 0 fully saturated rings. The number of thiophene rings is 1. The van der Waals surface area contributed by atoms with E-state index in [4.69, 9.17) is 16.3 Å². The lowest BCUT2D eigenvalue weighted by Crippen LogP contribution is -2.22. The van der Waals surface area contributed by atoms with Gasteiger partial charge in [-0.1, -0.05) is 29.8 Å². The number of benzene rings is 2. The second-order valence-electron chi connectivity index (χ2n) is 5.28. The topological polar surface area (TPSA) is 55.4 Å². The molecule has 0 aliphatic rings. The van der Waals surface area contributed by atoms with E-state index in [-0.39, 0.29) is 11.4 Å². The molecule has 2 aromatic carbocycles. The summed E-state index contributed by atoms with van der Waals surface area (Å²) in [5.74, 6) is 0.504. The molecule has 0 amide bonds. The Labute approximate surface area is 156 Å². The molecule has 0 aliphatic carbocycles. The highest BCUT2D eigenvalue weighted by molar-refractivity contribution is 7.89. The van der Waals surface area contributed by atoms with Crippen LogP contribution in [0, 0.1) is 0 Å². The Kier molecular flexibility index (Phi) is 5.44. The van der Waals surface area contributed by atoms with E-state index in [9.17, 15) is 8.42 Å². The largest absolute Gasteiger partial charge is 0.497 e. The second-order valence-corrected chi connectivity index (χ2v) is 8.65. The third-order valence-corrected chi connectivity index (χ3v) is 6.36. The van der Waals surface area contributed by atoms with Crippen molar-refractivity contribution in [3.63, 3.8) is 0 Å². The zero-order valence-corrected chi connectivity index (χ0v) is 15.8. The molecule has 130 valence electrons. The van der Waals surface area contributed by atoms with Crippen LogP contribution in [0.5, 0.6) is 5.75 Å². The summed E-state index contributed by atoms with van der Waals surface area (Å²) in [5, 5.41) is 0.687. The van der Waals surface area contributed by atoms with E-state index in [0.717, 1.165) is 15.3 Å². The van der Waals surface area contributed by atoms with Gasteiger partial charge < -0.3 is 4.74 Å². The average molecular weight is 394 g/mol. The molecule has 0 spiro atoms. The molecule has 1 N–H and O–H groups in total.